The molecule has 0 radical (unpaired) electrons. The van der Waals surface area contributed by atoms with Crippen LogP contribution in [-0.2, 0) is 30.3 Å². The zero-order chi connectivity index (χ0) is 48.2. The van der Waals surface area contributed by atoms with Gasteiger partial charge in [0.25, 0.3) is 11.7 Å². The Bertz CT molecular complexity index is 2580. The van der Waals surface area contributed by atoms with Gasteiger partial charge in [-0.15, -0.1) is 0 Å². The Balaban J connectivity index is 1.56. The summed E-state index contributed by atoms with van der Waals surface area (Å²) >= 11 is 0. The summed E-state index contributed by atoms with van der Waals surface area (Å²) in [4.78, 5) is 41.1. The molecule has 4 aromatic rings. The Hall–Kier alpha value is -6.68. The van der Waals surface area contributed by atoms with E-state index in [2.05, 4.69) is 5.32 Å². The Labute approximate surface area is 384 Å². The molecule has 5 bridgehead atoms. The highest BCUT2D eigenvalue weighted by atomic mass is 16.7. The predicted octanol–water partition coefficient (Wildman–Crippen LogP) is 7.79. The lowest BCUT2D eigenvalue weighted by Gasteiger charge is -2.38. The fourth-order valence-corrected chi connectivity index (χ4v) is 8.56. The SMILES string of the molecule is COC1C=COC2(C)Oc3c(C)c(O)c4c(O)c(c(/C=N/N(Cc5ccccc5)c5ccccc5)c(O)c4c3C2=O)NC(=O)C(C)=CC=CC(C)C(O)C(C)C(O)C(C)C(OC(C)=O)C1C. The topological polar surface area (TPSA) is 217 Å². The Kier molecular flexibility index (Phi) is 14.9. The van der Waals surface area contributed by atoms with E-state index in [1.54, 1.807) is 44.9 Å². The summed E-state index contributed by atoms with van der Waals surface area (Å²) in [7, 11) is 1.43. The number of esters is 1. The predicted molar refractivity (Wildman–Crippen MR) is 250 cm³/mol. The largest absolute Gasteiger partial charge is 0.507 e. The molecule has 15 nitrogen and oxygen atoms in total. The van der Waals surface area contributed by atoms with Crippen LogP contribution in [0.2, 0.25) is 0 Å². The lowest BCUT2D eigenvalue weighted by molar-refractivity contribution is -0.160. The third-order valence-electron chi connectivity index (χ3n) is 12.6. The number of ketones is 1. The first kappa shape index (κ1) is 48.8. The summed E-state index contributed by atoms with van der Waals surface area (Å²) in [5.74, 6) is -8.68. The van der Waals surface area contributed by atoms with Crippen LogP contribution in [0.25, 0.3) is 10.8 Å². The number of hydrazone groups is 1. The molecule has 7 rings (SSSR count). The van der Waals surface area contributed by atoms with Crippen LogP contribution in [0.15, 0.2) is 102 Å². The summed E-state index contributed by atoms with van der Waals surface area (Å²) in [6.45, 7) is 12.8. The van der Waals surface area contributed by atoms with E-state index in [0.29, 0.717) is 5.69 Å². The van der Waals surface area contributed by atoms with Gasteiger partial charge in [0.1, 0.15) is 23.4 Å². The van der Waals surface area contributed by atoms with E-state index in [0.717, 1.165) is 5.56 Å². The first-order chi connectivity index (χ1) is 31.3. The Morgan fingerprint density at radius 3 is 2.17 bits per heavy atom. The van der Waals surface area contributed by atoms with Crippen LogP contribution in [0.4, 0.5) is 11.4 Å². The molecule has 3 aliphatic rings. The zero-order valence-electron chi connectivity index (χ0n) is 38.6. The number of carbonyl (C=O) groups is 3. The average molecular weight is 906 g/mol. The number of para-hydroxylation sites is 1. The molecule has 15 heteroatoms. The number of methoxy groups -OCH3 is 1. The standard InChI is InChI=1S/C51H59N3O12/c1-27-17-16-18-28(2)50(62)53-41-36(25-52-54(35-21-14-11-15-22-35)26-34-19-12-10-13-20-34)45(59)38-39(46(41)60)44(58)32(6)48-40(38)49(61)51(8,66-48)64-24-23-37(63-9)29(3)47(65-33(7)55)31(5)43(57)30(4)42(27)56/h10-25,27,29-31,37,42-43,47,56-60H,26H2,1-9H3,(H,53,62)/b17-16?,24-23?,28-18?,52-25+. The second kappa shape index (κ2) is 20.2. The van der Waals surface area contributed by atoms with Crippen LogP contribution in [0, 0.1) is 30.6 Å². The van der Waals surface area contributed by atoms with Crippen molar-refractivity contribution >= 4 is 46.0 Å². The van der Waals surface area contributed by atoms with E-state index >= 15 is 0 Å². The summed E-state index contributed by atoms with van der Waals surface area (Å²) in [5.41, 5.74) is 1.02. The molecule has 0 saturated heterocycles. The number of ether oxygens (including phenoxy) is 4. The van der Waals surface area contributed by atoms with Gasteiger partial charge in [-0.3, -0.25) is 19.4 Å². The fourth-order valence-electron chi connectivity index (χ4n) is 8.56. The van der Waals surface area contributed by atoms with Crippen LogP contribution in [0.5, 0.6) is 23.0 Å². The van der Waals surface area contributed by atoms with Gasteiger partial charge in [0.15, 0.2) is 5.75 Å². The normalized spacial score (nSPS) is 26.3. The van der Waals surface area contributed by atoms with Crippen molar-refractivity contribution < 1.29 is 58.9 Å². The van der Waals surface area contributed by atoms with Gasteiger partial charge in [0.05, 0.1) is 65.2 Å². The van der Waals surface area contributed by atoms with Gasteiger partial charge in [-0.05, 0) is 37.6 Å². The second-order valence-electron chi connectivity index (χ2n) is 17.2. The number of amides is 1. The molecule has 0 aliphatic carbocycles. The van der Waals surface area contributed by atoms with Crippen molar-refractivity contribution in [2.45, 2.75) is 92.1 Å². The number of allylic oxidation sites excluding steroid dienone is 2. The summed E-state index contributed by atoms with van der Waals surface area (Å²) in [6.07, 6.45) is 4.72. The Morgan fingerprint density at radius 2 is 1.53 bits per heavy atom. The maximum Gasteiger partial charge on any atom is 0.312 e. The number of phenolic OH excluding ortho intramolecular Hbond substituents is 3. The van der Waals surface area contributed by atoms with Crippen LogP contribution < -0.4 is 15.1 Å². The molecule has 0 spiro atoms. The molecule has 3 heterocycles. The monoisotopic (exact) mass is 905 g/mol. The molecule has 1 amide bonds. The second-order valence-corrected chi connectivity index (χ2v) is 17.2. The number of phenols is 3. The molecular formula is C51H59N3O12. The number of nitrogens with zero attached hydrogens (tertiary/aromatic N) is 2. The number of aliphatic hydroxyl groups excluding tert-OH is 2. The lowest BCUT2D eigenvalue weighted by Crippen LogP contribution is -2.46. The molecule has 9 atom stereocenters. The van der Waals surface area contributed by atoms with Crippen LogP contribution >= 0.6 is 0 Å². The fraction of sp³-hybridized carbons (Fsp3) is 0.373. The maximum atomic E-state index is 14.6. The highest BCUT2D eigenvalue weighted by molar-refractivity contribution is 6.24. The molecule has 4 aromatic carbocycles. The third-order valence-corrected chi connectivity index (χ3v) is 12.6. The van der Waals surface area contributed by atoms with Crippen LogP contribution in [0.3, 0.4) is 0 Å². The highest BCUT2D eigenvalue weighted by Crippen LogP contribution is 2.55. The number of aliphatic hydroxyl groups is 2. The van der Waals surface area contributed by atoms with E-state index in [1.807, 2.05) is 60.7 Å². The number of rotatable bonds is 7. The van der Waals surface area contributed by atoms with E-state index in [-0.39, 0.29) is 51.0 Å². The first-order valence-corrected chi connectivity index (χ1v) is 21.8. The number of carbonyl (C=O) groups excluding carboxylic acids is 3. The lowest BCUT2D eigenvalue weighted by atomic mass is 9.78. The maximum absolute atomic E-state index is 14.6. The number of hydrogen-bond acceptors (Lipinski definition) is 14. The number of aromatic hydroxyl groups is 3. The minimum atomic E-state index is -2.08. The van der Waals surface area contributed by atoms with Crippen molar-refractivity contribution in [2.24, 2.45) is 28.8 Å². The number of anilines is 2. The summed E-state index contributed by atoms with van der Waals surface area (Å²) < 4.78 is 23.8. The number of Topliss-reactive ketones (excluding diaryl/α,β-unsaturated/α-hetero) is 1. The van der Waals surface area contributed by atoms with Crippen LogP contribution in [0.1, 0.15) is 75.5 Å². The first-order valence-electron chi connectivity index (χ1n) is 21.8. The van der Waals surface area contributed by atoms with Gasteiger partial charge in [0, 0.05) is 61.2 Å². The molecule has 350 valence electrons. The van der Waals surface area contributed by atoms with Gasteiger partial charge in [0.2, 0.25) is 0 Å². The summed E-state index contributed by atoms with van der Waals surface area (Å²) in [5, 5.41) is 67.8. The summed E-state index contributed by atoms with van der Waals surface area (Å²) in [6, 6.07) is 18.7. The van der Waals surface area contributed by atoms with E-state index < -0.39 is 88.8 Å². The van der Waals surface area contributed by atoms with Gasteiger partial charge >= 0.3 is 11.8 Å². The van der Waals surface area contributed by atoms with Crippen molar-refractivity contribution in [3.63, 3.8) is 0 Å². The minimum absolute atomic E-state index is 0.0334. The van der Waals surface area contributed by atoms with Gasteiger partial charge in [-0.25, -0.2) is 0 Å². The zero-order valence-corrected chi connectivity index (χ0v) is 38.6. The van der Waals surface area contributed by atoms with Gasteiger partial charge in [-0.1, -0.05) is 94.5 Å². The molecular weight excluding hydrogens is 847 g/mol. The number of fused-ring (bicyclic) bond motifs is 14. The van der Waals surface area contributed by atoms with Crippen molar-refractivity contribution in [1.82, 2.24) is 0 Å². The number of nitrogens with one attached hydrogen (secondary N) is 1. The van der Waals surface area contributed by atoms with Crippen molar-refractivity contribution in [3.8, 4) is 23.0 Å². The van der Waals surface area contributed by atoms with Crippen molar-refractivity contribution in [2.75, 3.05) is 17.4 Å². The molecule has 9 unspecified atom stereocenters. The number of benzene rings is 4. The third kappa shape index (κ3) is 9.78. The minimum Gasteiger partial charge on any atom is -0.507 e. The average Bonchev–Trinajstić information content (AvgIpc) is 3.57. The van der Waals surface area contributed by atoms with Gasteiger partial charge in [-0.2, -0.15) is 5.10 Å². The van der Waals surface area contributed by atoms with Gasteiger partial charge < -0.3 is 49.8 Å². The van der Waals surface area contributed by atoms with Crippen molar-refractivity contribution in [3.05, 3.63) is 119 Å². The molecule has 0 saturated carbocycles. The van der Waals surface area contributed by atoms with E-state index in [9.17, 15) is 39.9 Å². The molecule has 3 aliphatic heterocycles. The molecule has 0 fully saturated rings. The molecule has 66 heavy (non-hydrogen) atoms. The number of hydrogen-bond donors (Lipinski definition) is 6. The van der Waals surface area contributed by atoms with E-state index in [1.165, 1.54) is 59.4 Å². The van der Waals surface area contributed by atoms with E-state index in [4.69, 9.17) is 24.0 Å². The molecule has 0 aromatic heterocycles. The van der Waals surface area contributed by atoms with Crippen molar-refractivity contribution in [1.29, 1.82) is 0 Å². The Morgan fingerprint density at radius 1 is 0.879 bits per heavy atom. The highest BCUT2D eigenvalue weighted by Gasteiger charge is 2.50. The van der Waals surface area contributed by atoms with Crippen LogP contribution in [-0.4, -0.2) is 86.7 Å². The quantitative estimate of drug-likeness (QED) is 0.0344. The smallest absolute Gasteiger partial charge is 0.312 e. The molecule has 6 N–H and O–H groups in total.